The zero-order chi connectivity index (χ0) is 7.98. The summed E-state index contributed by atoms with van der Waals surface area (Å²) in [6.45, 7) is 2.97. The molecule has 0 unspecified atom stereocenters. The molecule has 0 aromatic rings. The van der Waals surface area contributed by atoms with Crippen LogP contribution in [0.15, 0.2) is 11.6 Å². The van der Waals surface area contributed by atoms with Crippen molar-refractivity contribution in [2.24, 2.45) is 0 Å². The summed E-state index contributed by atoms with van der Waals surface area (Å²) in [7, 11) is 0. The van der Waals surface area contributed by atoms with Crippen LogP contribution in [0.1, 0.15) is 13.8 Å². The number of alkyl halides is 1. The SMILES string of the molecule is CCOC(=O)/C=C(/C)CF. The second kappa shape index (κ2) is 4.97. The molecule has 58 valence electrons. The minimum atomic E-state index is -0.598. The molecule has 0 radical (unpaired) electrons. The van der Waals surface area contributed by atoms with E-state index >= 15 is 0 Å². The third-order valence-corrected chi connectivity index (χ3v) is 0.862. The molecule has 0 rings (SSSR count). The van der Waals surface area contributed by atoms with Crippen molar-refractivity contribution < 1.29 is 13.9 Å². The van der Waals surface area contributed by atoms with E-state index in [4.69, 9.17) is 0 Å². The number of halogens is 1. The van der Waals surface area contributed by atoms with Gasteiger partial charge in [-0.2, -0.15) is 0 Å². The lowest BCUT2D eigenvalue weighted by molar-refractivity contribution is -0.137. The molecule has 0 fully saturated rings. The summed E-state index contributed by atoms with van der Waals surface area (Å²) in [6.07, 6.45) is 1.16. The second-order valence-electron chi connectivity index (χ2n) is 1.88. The molecule has 0 N–H and O–H groups in total. The average molecular weight is 146 g/mol. The van der Waals surface area contributed by atoms with Gasteiger partial charge in [-0.1, -0.05) is 0 Å². The van der Waals surface area contributed by atoms with Crippen molar-refractivity contribution in [1.29, 1.82) is 0 Å². The zero-order valence-corrected chi connectivity index (χ0v) is 6.19. The average Bonchev–Trinajstić information content (AvgIpc) is 1.88. The van der Waals surface area contributed by atoms with Gasteiger partial charge in [0, 0.05) is 6.08 Å². The fraction of sp³-hybridized carbons (Fsp3) is 0.571. The van der Waals surface area contributed by atoms with Crippen LogP contribution in [-0.4, -0.2) is 19.3 Å². The molecule has 0 aliphatic rings. The standard InChI is InChI=1S/C7H11FO2/c1-3-10-7(9)4-6(2)5-8/h4H,3,5H2,1-2H3/b6-4-. The van der Waals surface area contributed by atoms with Crippen LogP contribution in [0, 0.1) is 0 Å². The Morgan fingerprint density at radius 3 is 2.70 bits per heavy atom. The molecule has 0 heterocycles. The molecular formula is C7H11FO2. The molecule has 0 saturated heterocycles. The van der Waals surface area contributed by atoms with Crippen LogP contribution in [0.3, 0.4) is 0 Å². The van der Waals surface area contributed by atoms with E-state index in [1.165, 1.54) is 6.92 Å². The zero-order valence-electron chi connectivity index (χ0n) is 6.19. The summed E-state index contributed by atoms with van der Waals surface area (Å²) in [5.74, 6) is -0.474. The van der Waals surface area contributed by atoms with Gasteiger partial charge in [-0.15, -0.1) is 0 Å². The third-order valence-electron chi connectivity index (χ3n) is 0.862. The highest BCUT2D eigenvalue weighted by Crippen LogP contribution is 1.93. The van der Waals surface area contributed by atoms with Crippen LogP contribution in [-0.2, 0) is 9.53 Å². The molecule has 0 aliphatic heterocycles. The van der Waals surface area contributed by atoms with Gasteiger partial charge in [0.15, 0.2) is 0 Å². The first-order chi connectivity index (χ1) is 4.70. The van der Waals surface area contributed by atoms with Crippen LogP contribution < -0.4 is 0 Å². The minimum Gasteiger partial charge on any atom is -0.463 e. The van der Waals surface area contributed by atoms with E-state index in [1.807, 2.05) is 0 Å². The number of rotatable bonds is 3. The van der Waals surface area contributed by atoms with Crippen LogP contribution >= 0.6 is 0 Å². The van der Waals surface area contributed by atoms with Gasteiger partial charge in [-0.25, -0.2) is 9.18 Å². The molecule has 2 nitrogen and oxygen atoms in total. The second-order valence-corrected chi connectivity index (χ2v) is 1.88. The highest BCUT2D eigenvalue weighted by Gasteiger charge is 1.95. The van der Waals surface area contributed by atoms with Crippen molar-refractivity contribution in [2.75, 3.05) is 13.3 Å². The summed E-state index contributed by atoms with van der Waals surface area (Å²) in [5, 5.41) is 0. The highest BCUT2D eigenvalue weighted by molar-refractivity contribution is 5.82. The Morgan fingerprint density at radius 1 is 1.70 bits per heavy atom. The first kappa shape index (κ1) is 9.14. The van der Waals surface area contributed by atoms with Crippen molar-refractivity contribution in [3.05, 3.63) is 11.6 Å². The van der Waals surface area contributed by atoms with E-state index in [0.717, 1.165) is 6.08 Å². The first-order valence-corrected chi connectivity index (χ1v) is 3.10. The lowest BCUT2D eigenvalue weighted by Gasteiger charge is -1.95. The van der Waals surface area contributed by atoms with Crippen molar-refractivity contribution in [1.82, 2.24) is 0 Å². The lowest BCUT2D eigenvalue weighted by Crippen LogP contribution is -2.00. The predicted molar refractivity (Wildman–Crippen MR) is 36.4 cm³/mol. The van der Waals surface area contributed by atoms with Gasteiger partial charge in [-0.3, -0.25) is 0 Å². The van der Waals surface area contributed by atoms with Gasteiger partial charge in [0.25, 0.3) is 0 Å². The topological polar surface area (TPSA) is 26.3 Å². The van der Waals surface area contributed by atoms with E-state index in [-0.39, 0.29) is 0 Å². The molecule has 0 amide bonds. The molecule has 0 saturated carbocycles. The maximum atomic E-state index is 11.7. The van der Waals surface area contributed by atoms with Crippen LogP contribution in [0.5, 0.6) is 0 Å². The Hall–Kier alpha value is -0.860. The summed E-state index contributed by atoms with van der Waals surface area (Å²) >= 11 is 0. The van der Waals surface area contributed by atoms with Crippen molar-refractivity contribution in [3.63, 3.8) is 0 Å². The number of carbonyl (C=O) groups is 1. The predicted octanol–water partition coefficient (Wildman–Crippen LogP) is 1.47. The van der Waals surface area contributed by atoms with E-state index in [0.29, 0.717) is 12.2 Å². The summed E-state index contributed by atoms with van der Waals surface area (Å²) < 4.78 is 16.2. The fourth-order valence-corrected chi connectivity index (χ4v) is 0.424. The quantitative estimate of drug-likeness (QED) is 0.445. The molecule has 0 atom stereocenters. The molecule has 10 heavy (non-hydrogen) atoms. The maximum Gasteiger partial charge on any atom is 0.330 e. The monoisotopic (exact) mass is 146 g/mol. The molecule has 3 heteroatoms. The molecule has 0 aromatic heterocycles. The number of hydrogen-bond acceptors (Lipinski definition) is 2. The van der Waals surface area contributed by atoms with Gasteiger partial charge in [0.05, 0.1) is 6.61 Å². The van der Waals surface area contributed by atoms with Crippen LogP contribution in [0.2, 0.25) is 0 Å². The molecule has 0 aliphatic carbocycles. The molecule has 0 bridgehead atoms. The smallest absolute Gasteiger partial charge is 0.330 e. The Labute approximate surface area is 59.7 Å². The summed E-state index contributed by atoms with van der Waals surface area (Å²) in [4.78, 5) is 10.5. The van der Waals surface area contributed by atoms with E-state index in [2.05, 4.69) is 4.74 Å². The Kier molecular flexibility index (Phi) is 4.54. The van der Waals surface area contributed by atoms with Crippen molar-refractivity contribution >= 4 is 5.97 Å². The highest BCUT2D eigenvalue weighted by atomic mass is 19.1. The molecule has 0 spiro atoms. The Morgan fingerprint density at radius 2 is 2.30 bits per heavy atom. The largest absolute Gasteiger partial charge is 0.463 e. The number of allylic oxidation sites excluding steroid dienone is 1. The van der Waals surface area contributed by atoms with Crippen molar-refractivity contribution in [2.45, 2.75) is 13.8 Å². The lowest BCUT2D eigenvalue weighted by atomic mass is 10.3. The van der Waals surface area contributed by atoms with Crippen molar-refractivity contribution in [3.8, 4) is 0 Å². The van der Waals surface area contributed by atoms with Gasteiger partial charge in [0.2, 0.25) is 0 Å². The minimum absolute atomic E-state index is 0.328. The molecular weight excluding hydrogens is 135 g/mol. The number of hydrogen-bond donors (Lipinski definition) is 0. The Bertz CT molecular complexity index is 141. The number of esters is 1. The van der Waals surface area contributed by atoms with Gasteiger partial charge >= 0.3 is 5.97 Å². The van der Waals surface area contributed by atoms with E-state index in [9.17, 15) is 9.18 Å². The van der Waals surface area contributed by atoms with Gasteiger partial charge in [0.1, 0.15) is 6.67 Å². The van der Waals surface area contributed by atoms with Gasteiger partial charge < -0.3 is 4.74 Å². The van der Waals surface area contributed by atoms with Crippen LogP contribution in [0.25, 0.3) is 0 Å². The fourth-order valence-electron chi connectivity index (χ4n) is 0.424. The normalized spacial score (nSPS) is 11.3. The summed E-state index contributed by atoms with van der Waals surface area (Å²) in [6, 6.07) is 0. The number of carbonyl (C=O) groups excluding carboxylic acids is 1. The third kappa shape index (κ3) is 4.06. The maximum absolute atomic E-state index is 11.7. The molecule has 0 aromatic carbocycles. The summed E-state index contributed by atoms with van der Waals surface area (Å²) in [5.41, 5.74) is 0.387. The Balaban J connectivity index is 3.75. The van der Waals surface area contributed by atoms with Crippen LogP contribution in [0.4, 0.5) is 4.39 Å². The van der Waals surface area contributed by atoms with E-state index in [1.54, 1.807) is 6.92 Å². The van der Waals surface area contributed by atoms with E-state index < -0.39 is 12.6 Å². The number of ether oxygens (including phenoxy) is 1. The van der Waals surface area contributed by atoms with Gasteiger partial charge in [-0.05, 0) is 19.4 Å². The first-order valence-electron chi connectivity index (χ1n) is 3.10.